The summed E-state index contributed by atoms with van der Waals surface area (Å²) in [5, 5.41) is 4.11. The van der Waals surface area contributed by atoms with Crippen molar-refractivity contribution in [1.29, 1.82) is 0 Å². The Morgan fingerprint density at radius 2 is 2.05 bits per heavy atom. The number of rotatable bonds is 9. The van der Waals surface area contributed by atoms with Gasteiger partial charge in [-0.15, -0.1) is 0 Å². The van der Waals surface area contributed by atoms with Crippen molar-refractivity contribution in [2.45, 2.75) is 44.9 Å². The zero-order chi connectivity index (χ0) is 14.1. The summed E-state index contributed by atoms with van der Waals surface area (Å²) in [5.41, 5.74) is 0.989. The smallest absolute Gasteiger partial charge is 0.0500 e. The van der Waals surface area contributed by atoms with E-state index < -0.39 is 10.8 Å². The first-order valence-corrected chi connectivity index (χ1v) is 8.81. The van der Waals surface area contributed by atoms with Crippen LogP contribution in [0.2, 0.25) is 5.02 Å². The van der Waals surface area contributed by atoms with Crippen molar-refractivity contribution in [3.8, 4) is 0 Å². The molecular weight excluding hydrogens is 278 g/mol. The molecule has 2 nitrogen and oxygen atoms in total. The van der Waals surface area contributed by atoms with E-state index in [-0.39, 0.29) is 0 Å². The maximum absolute atomic E-state index is 12.0. The molecule has 0 saturated carbocycles. The Hall–Kier alpha value is -0.380. The van der Waals surface area contributed by atoms with Gasteiger partial charge in [0.05, 0.1) is 0 Å². The number of nitrogens with one attached hydrogen (secondary N) is 1. The van der Waals surface area contributed by atoms with Crippen molar-refractivity contribution in [2.75, 3.05) is 12.3 Å². The molecule has 0 bridgehead atoms. The predicted octanol–water partition coefficient (Wildman–Crippen LogP) is 3.76. The van der Waals surface area contributed by atoms with Crippen LogP contribution in [0.5, 0.6) is 0 Å². The van der Waals surface area contributed by atoms with E-state index in [4.69, 9.17) is 11.6 Å². The molecule has 1 N–H and O–H groups in total. The number of hydrogen-bond donors (Lipinski definition) is 1. The highest BCUT2D eigenvalue weighted by atomic mass is 35.5. The fourth-order valence-electron chi connectivity index (χ4n) is 2.03. The second-order valence-corrected chi connectivity index (χ2v) is 6.82. The molecule has 0 aliphatic rings. The molecule has 0 radical (unpaired) electrons. The Labute approximate surface area is 124 Å². The molecule has 0 spiro atoms. The van der Waals surface area contributed by atoms with Gasteiger partial charge in [0.1, 0.15) is 0 Å². The minimum Gasteiger partial charge on any atom is -0.315 e. The molecule has 0 fully saturated rings. The van der Waals surface area contributed by atoms with Gasteiger partial charge in [-0.3, -0.25) is 4.21 Å². The van der Waals surface area contributed by atoms with Crippen LogP contribution in [0.1, 0.15) is 38.7 Å². The Bertz CT molecular complexity index is 397. The van der Waals surface area contributed by atoms with Gasteiger partial charge in [-0.1, -0.05) is 43.1 Å². The van der Waals surface area contributed by atoms with E-state index in [1.165, 1.54) is 0 Å². The number of halogens is 1. The van der Waals surface area contributed by atoms with Crippen LogP contribution < -0.4 is 5.32 Å². The van der Waals surface area contributed by atoms with Crippen molar-refractivity contribution < 1.29 is 4.21 Å². The van der Waals surface area contributed by atoms with Crippen molar-refractivity contribution in [3.05, 3.63) is 34.9 Å². The summed E-state index contributed by atoms with van der Waals surface area (Å²) in [5.74, 6) is 1.34. The Balaban J connectivity index is 2.20. The first-order valence-electron chi connectivity index (χ1n) is 6.95. The molecule has 4 heteroatoms. The third kappa shape index (κ3) is 7.09. The highest BCUT2D eigenvalue weighted by molar-refractivity contribution is 7.84. The van der Waals surface area contributed by atoms with Crippen molar-refractivity contribution in [1.82, 2.24) is 5.32 Å². The lowest BCUT2D eigenvalue weighted by molar-refractivity contribution is 0.509. The molecular formula is C15H24ClNOS. The average Bonchev–Trinajstić information content (AvgIpc) is 2.38. The van der Waals surface area contributed by atoms with Gasteiger partial charge in [0.2, 0.25) is 0 Å². The molecule has 0 aliphatic carbocycles. The fourth-order valence-corrected chi connectivity index (χ4v) is 3.58. The van der Waals surface area contributed by atoms with Gasteiger partial charge in [0.25, 0.3) is 0 Å². The largest absolute Gasteiger partial charge is 0.315 e. The summed E-state index contributed by atoms with van der Waals surface area (Å²) in [7, 11) is -0.805. The van der Waals surface area contributed by atoms with Gasteiger partial charge in [0, 0.05) is 33.4 Å². The number of unbranched alkanes of at least 4 members (excludes halogenated alkanes) is 1. The summed E-state index contributed by atoms with van der Waals surface area (Å²) in [6.07, 6.45) is 3.30. The third-order valence-electron chi connectivity index (χ3n) is 3.09. The van der Waals surface area contributed by atoms with E-state index in [0.717, 1.165) is 42.1 Å². The lowest BCUT2D eigenvalue weighted by Crippen LogP contribution is -2.25. The molecule has 1 aromatic rings. The summed E-state index contributed by atoms with van der Waals surface area (Å²) < 4.78 is 12.0. The second-order valence-electron chi connectivity index (χ2n) is 4.83. The first-order chi connectivity index (χ1) is 9.13. The lowest BCUT2D eigenvalue weighted by atomic mass is 10.1. The van der Waals surface area contributed by atoms with Crippen LogP contribution >= 0.6 is 11.6 Å². The van der Waals surface area contributed by atoms with E-state index in [1.54, 1.807) is 0 Å². The van der Waals surface area contributed by atoms with Gasteiger partial charge in [-0.25, -0.2) is 0 Å². The molecule has 108 valence electrons. The normalized spacial score (nSPS) is 14.3. The van der Waals surface area contributed by atoms with Crippen LogP contribution in [0, 0.1) is 0 Å². The molecule has 0 aromatic heterocycles. The monoisotopic (exact) mass is 301 g/mol. The summed E-state index contributed by atoms with van der Waals surface area (Å²) in [4.78, 5) is 0. The SMILES string of the molecule is CCNC(C)CCCCS(=O)Cc1ccccc1Cl. The quantitative estimate of drug-likeness (QED) is 0.704. The van der Waals surface area contributed by atoms with E-state index in [0.29, 0.717) is 11.8 Å². The van der Waals surface area contributed by atoms with Gasteiger partial charge < -0.3 is 5.32 Å². The van der Waals surface area contributed by atoms with Gasteiger partial charge >= 0.3 is 0 Å². The molecule has 2 atom stereocenters. The molecule has 1 aromatic carbocycles. The van der Waals surface area contributed by atoms with Gasteiger partial charge in [-0.05, 0) is 37.9 Å². The molecule has 0 saturated heterocycles. The number of benzene rings is 1. The standard InChI is InChI=1S/C15H24ClNOS/c1-3-17-13(2)8-6-7-11-19(18)12-14-9-4-5-10-15(14)16/h4-5,9-10,13,17H,3,6-8,11-12H2,1-2H3. The molecule has 19 heavy (non-hydrogen) atoms. The van der Waals surface area contributed by atoms with Crippen molar-refractivity contribution >= 4 is 22.4 Å². The van der Waals surface area contributed by atoms with Crippen LogP contribution in [0.15, 0.2) is 24.3 Å². The third-order valence-corrected chi connectivity index (χ3v) is 4.83. The van der Waals surface area contributed by atoms with Crippen LogP contribution in [-0.2, 0) is 16.6 Å². The van der Waals surface area contributed by atoms with Crippen molar-refractivity contribution in [3.63, 3.8) is 0 Å². The minimum atomic E-state index is -0.805. The van der Waals surface area contributed by atoms with Gasteiger partial charge in [-0.2, -0.15) is 0 Å². The lowest BCUT2D eigenvalue weighted by Gasteiger charge is -2.11. The highest BCUT2D eigenvalue weighted by Gasteiger charge is 2.06. The van der Waals surface area contributed by atoms with E-state index in [9.17, 15) is 4.21 Å². The van der Waals surface area contributed by atoms with Crippen LogP contribution in [0.3, 0.4) is 0 Å². The first kappa shape index (κ1) is 16.7. The molecule has 0 amide bonds. The van der Waals surface area contributed by atoms with E-state index >= 15 is 0 Å². The molecule has 0 aliphatic heterocycles. The summed E-state index contributed by atoms with van der Waals surface area (Å²) in [6, 6.07) is 8.20. The molecule has 2 unspecified atom stereocenters. The second kappa shape index (κ2) is 9.51. The zero-order valence-corrected chi connectivity index (χ0v) is 13.4. The minimum absolute atomic E-state index is 0.557. The summed E-state index contributed by atoms with van der Waals surface area (Å²) in [6.45, 7) is 5.33. The topological polar surface area (TPSA) is 29.1 Å². The summed E-state index contributed by atoms with van der Waals surface area (Å²) >= 11 is 6.06. The average molecular weight is 302 g/mol. The van der Waals surface area contributed by atoms with Crippen LogP contribution in [-0.4, -0.2) is 22.5 Å². The van der Waals surface area contributed by atoms with Gasteiger partial charge in [0.15, 0.2) is 0 Å². The maximum atomic E-state index is 12.0. The number of hydrogen-bond acceptors (Lipinski definition) is 2. The van der Waals surface area contributed by atoms with Crippen molar-refractivity contribution in [2.24, 2.45) is 0 Å². The molecule has 0 heterocycles. The predicted molar refractivity (Wildman–Crippen MR) is 85.2 cm³/mol. The fraction of sp³-hybridized carbons (Fsp3) is 0.600. The zero-order valence-electron chi connectivity index (χ0n) is 11.8. The highest BCUT2D eigenvalue weighted by Crippen LogP contribution is 2.17. The van der Waals surface area contributed by atoms with E-state index in [2.05, 4.69) is 19.2 Å². The van der Waals surface area contributed by atoms with Crippen LogP contribution in [0.25, 0.3) is 0 Å². The maximum Gasteiger partial charge on any atom is 0.0500 e. The Morgan fingerprint density at radius 1 is 1.32 bits per heavy atom. The van der Waals surface area contributed by atoms with E-state index in [1.807, 2.05) is 24.3 Å². The Kier molecular flexibility index (Phi) is 8.35. The molecule has 1 rings (SSSR count). The Morgan fingerprint density at radius 3 is 2.74 bits per heavy atom. The van der Waals surface area contributed by atoms with Crippen LogP contribution in [0.4, 0.5) is 0 Å².